The highest BCUT2D eigenvalue weighted by Crippen LogP contribution is 2.33. The average molecular weight is 384 g/mol. The number of hydrogen-bond donors (Lipinski definition) is 1. The highest BCUT2D eigenvalue weighted by Gasteiger charge is 2.04. The summed E-state index contributed by atoms with van der Waals surface area (Å²) in [4.78, 5) is 8.86. The molecule has 0 radical (unpaired) electrons. The fraction of sp³-hybridized carbons (Fsp3) is 0.200. The van der Waals surface area contributed by atoms with Gasteiger partial charge in [-0.1, -0.05) is 72.0 Å². The van der Waals surface area contributed by atoms with Crippen molar-refractivity contribution in [1.29, 1.82) is 0 Å². The summed E-state index contributed by atoms with van der Waals surface area (Å²) in [5.41, 5.74) is 2.13. The van der Waals surface area contributed by atoms with E-state index < -0.39 is 0 Å². The third-order valence-corrected chi connectivity index (χ3v) is 5.09. The van der Waals surface area contributed by atoms with Crippen LogP contribution in [0.3, 0.4) is 0 Å². The van der Waals surface area contributed by atoms with E-state index in [1.165, 1.54) is 11.3 Å². The average Bonchev–Trinajstić information content (AvgIpc) is 3.10. The van der Waals surface area contributed by atoms with Gasteiger partial charge in [0.1, 0.15) is 10.0 Å². The normalized spacial score (nSPS) is 14.0. The zero-order chi connectivity index (χ0) is 18.0. The van der Waals surface area contributed by atoms with Gasteiger partial charge in [0.2, 0.25) is 0 Å². The fourth-order valence-electron chi connectivity index (χ4n) is 2.34. The molecule has 0 spiro atoms. The van der Waals surface area contributed by atoms with Crippen molar-refractivity contribution < 1.29 is 10.1 Å². The fourth-order valence-corrected chi connectivity index (χ4v) is 3.48. The van der Waals surface area contributed by atoms with Crippen molar-refractivity contribution in [3.8, 4) is 10.6 Å². The third-order valence-electron chi connectivity index (χ3n) is 3.66. The molecule has 0 unspecified atom stereocenters. The molecule has 1 saturated heterocycles. The van der Waals surface area contributed by atoms with Crippen LogP contribution in [-0.4, -0.2) is 37.5 Å². The van der Waals surface area contributed by atoms with Crippen molar-refractivity contribution in [2.45, 2.75) is 5.03 Å². The molecule has 1 aliphatic rings. The Labute approximate surface area is 163 Å². The summed E-state index contributed by atoms with van der Waals surface area (Å²) in [6.45, 7) is 4.19. The molecule has 26 heavy (non-hydrogen) atoms. The monoisotopic (exact) mass is 383 g/mol. The predicted octanol–water partition coefficient (Wildman–Crippen LogP) is 3.05. The Morgan fingerprint density at radius 3 is 2.23 bits per heavy atom. The Hall–Kier alpha value is -2.12. The number of ether oxygens (including phenoxy) is 1. The molecule has 2 heterocycles. The molecule has 1 aromatic heterocycles. The lowest BCUT2D eigenvalue weighted by molar-refractivity contribution is -0.670. The molecule has 0 amide bonds. The van der Waals surface area contributed by atoms with E-state index in [0.29, 0.717) is 5.03 Å². The van der Waals surface area contributed by atoms with E-state index in [4.69, 9.17) is 17.4 Å². The predicted molar refractivity (Wildman–Crippen MR) is 109 cm³/mol. The molecule has 6 heteroatoms. The molecule has 134 valence electrons. The van der Waals surface area contributed by atoms with Gasteiger partial charge in [-0.25, -0.2) is 4.99 Å². The van der Waals surface area contributed by atoms with Crippen LogP contribution in [0.25, 0.3) is 10.6 Å². The molecular weight excluding hydrogens is 362 g/mol. The van der Waals surface area contributed by atoms with Crippen molar-refractivity contribution in [3.05, 3.63) is 66.2 Å². The molecule has 4 nitrogen and oxygen atoms in total. The maximum Gasteiger partial charge on any atom is 0.123 e. The smallest absolute Gasteiger partial charge is 0.123 e. The topological polar surface area (TPSA) is 51.1 Å². The summed E-state index contributed by atoms with van der Waals surface area (Å²) in [7, 11) is 0. The van der Waals surface area contributed by atoms with Crippen LogP contribution in [0.5, 0.6) is 0 Å². The third kappa shape index (κ3) is 5.71. The van der Waals surface area contributed by atoms with E-state index in [9.17, 15) is 0 Å². The molecule has 1 aliphatic heterocycles. The van der Waals surface area contributed by atoms with Gasteiger partial charge in [-0.2, -0.15) is 0 Å². The van der Waals surface area contributed by atoms with Gasteiger partial charge in [-0.05, 0) is 10.6 Å². The van der Waals surface area contributed by atoms with Gasteiger partial charge in [-0.15, -0.1) is 0 Å². The molecule has 2 N–H and O–H groups in total. The molecule has 2 aromatic carbocycles. The van der Waals surface area contributed by atoms with Crippen LogP contribution >= 0.6 is 11.3 Å². The molecule has 4 rings (SSSR count). The minimum atomic E-state index is 0.557. The van der Waals surface area contributed by atoms with E-state index in [1.54, 1.807) is 0 Å². The minimum Gasteiger partial charge on any atom is -0.757 e. The summed E-state index contributed by atoms with van der Waals surface area (Å²) in [5.74, 6) is 0. The van der Waals surface area contributed by atoms with Crippen LogP contribution in [0.2, 0.25) is 0 Å². The van der Waals surface area contributed by atoms with E-state index in [2.05, 4.69) is 15.3 Å². The van der Waals surface area contributed by atoms with Gasteiger partial charge in [0, 0.05) is 11.8 Å². The van der Waals surface area contributed by atoms with E-state index in [1.807, 2.05) is 66.9 Å². The second-order valence-electron chi connectivity index (χ2n) is 5.64. The molecule has 0 atom stereocenters. The number of aliphatic imine (C=N–C) groups is 1. The van der Waals surface area contributed by atoms with Gasteiger partial charge in [0.25, 0.3) is 0 Å². The summed E-state index contributed by atoms with van der Waals surface area (Å²) < 4.78 is 5.04. The second-order valence-corrected chi connectivity index (χ2v) is 7.01. The summed E-state index contributed by atoms with van der Waals surface area (Å²) >= 11 is 6.79. The van der Waals surface area contributed by atoms with Crippen molar-refractivity contribution in [2.24, 2.45) is 4.99 Å². The largest absolute Gasteiger partial charge is 0.757 e. The highest BCUT2D eigenvalue weighted by molar-refractivity contribution is 7.59. The highest BCUT2D eigenvalue weighted by atomic mass is 32.1. The molecular formula is C20H21N3OS2. The zero-order valence-corrected chi connectivity index (χ0v) is 16.0. The van der Waals surface area contributed by atoms with Gasteiger partial charge in [0.05, 0.1) is 26.3 Å². The van der Waals surface area contributed by atoms with Crippen LogP contribution in [-0.2, 0) is 17.4 Å². The van der Waals surface area contributed by atoms with E-state index in [-0.39, 0.29) is 0 Å². The first-order valence-electron chi connectivity index (χ1n) is 8.55. The van der Waals surface area contributed by atoms with Crippen LogP contribution in [0, 0.1) is 0 Å². The quantitative estimate of drug-likeness (QED) is 0.559. The number of thiazole rings is 1. The minimum absolute atomic E-state index is 0.557. The summed E-state index contributed by atoms with van der Waals surface area (Å²) in [6.07, 6.45) is 1.82. The van der Waals surface area contributed by atoms with Crippen LogP contribution in [0.4, 0.5) is 5.00 Å². The van der Waals surface area contributed by atoms with Crippen molar-refractivity contribution >= 4 is 35.2 Å². The SMILES string of the molecule is C1COCC[NH2+]1.[S-]c1nc(-c2ccccc2)sc1/N=C/c1ccccc1. The van der Waals surface area contributed by atoms with Crippen molar-refractivity contribution in [2.75, 3.05) is 26.3 Å². The maximum atomic E-state index is 5.27. The Kier molecular flexibility index (Phi) is 7.27. The molecule has 3 aromatic rings. The Bertz CT molecular complexity index is 804. The number of rotatable bonds is 3. The number of nitrogens with two attached hydrogens (primary N) is 1. The van der Waals surface area contributed by atoms with Gasteiger partial charge >= 0.3 is 0 Å². The number of hydrogen-bond acceptors (Lipinski definition) is 5. The first kappa shape index (κ1) is 18.7. The molecule has 0 bridgehead atoms. The van der Waals surface area contributed by atoms with Crippen LogP contribution in [0.1, 0.15) is 5.56 Å². The number of aromatic nitrogens is 1. The first-order valence-corrected chi connectivity index (χ1v) is 9.77. The van der Waals surface area contributed by atoms with Crippen LogP contribution in [0.15, 0.2) is 70.7 Å². The second kappa shape index (κ2) is 10.1. The number of quaternary nitrogens is 1. The van der Waals surface area contributed by atoms with Gasteiger partial charge in [-0.3, -0.25) is 4.98 Å². The van der Waals surface area contributed by atoms with Crippen molar-refractivity contribution in [3.63, 3.8) is 0 Å². The lowest BCUT2D eigenvalue weighted by atomic mass is 10.2. The number of benzene rings is 2. The summed E-state index contributed by atoms with van der Waals surface area (Å²) in [6, 6.07) is 20.0. The lowest BCUT2D eigenvalue weighted by Gasteiger charge is -2.07. The lowest BCUT2D eigenvalue weighted by Crippen LogP contribution is -2.87. The van der Waals surface area contributed by atoms with Crippen molar-refractivity contribution in [1.82, 2.24) is 4.98 Å². The molecule has 1 fully saturated rings. The van der Waals surface area contributed by atoms with Gasteiger partial charge < -0.3 is 22.7 Å². The Morgan fingerprint density at radius 2 is 1.65 bits per heavy atom. The van der Waals surface area contributed by atoms with E-state index in [0.717, 1.165) is 47.4 Å². The Balaban J connectivity index is 0.000000278. The summed E-state index contributed by atoms with van der Waals surface area (Å²) in [5, 5.41) is 4.52. The Morgan fingerprint density at radius 1 is 1.00 bits per heavy atom. The van der Waals surface area contributed by atoms with E-state index >= 15 is 0 Å². The number of nitrogens with zero attached hydrogens (tertiary/aromatic N) is 2. The molecule has 0 saturated carbocycles. The van der Waals surface area contributed by atoms with Crippen LogP contribution < -0.4 is 5.32 Å². The number of morpholine rings is 1. The standard InChI is InChI=1S/C16H12N2S2.C4H9NO/c19-14-16(17-11-12-7-3-1-4-8-12)20-15(18-14)13-9-5-2-6-10-13;1-3-6-4-2-5-1/h1-11,19H;5H,1-4H2/b17-11+;. The molecule has 0 aliphatic carbocycles. The first-order chi connectivity index (χ1) is 12.8. The maximum absolute atomic E-state index is 5.27. The van der Waals surface area contributed by atoms with Gasteiger partial charge in [0.15, 0.2) is 0 Å². The zero-order valence-electron chi connectivity index (χ0n) is 14.4.